The monoisotopic (exact) mass is 537 g/mol. The van der Waals surface area contributed by atoms with Crippen LogP contribution in [0, 0.1) is 11.3 Å². The molecule has 0 atom stereocenters. The summed E-state index contributed by atoms with van der Waals surface area (Å²) in [6.45, 7) is 0. The van der Waals surface area contributed by atoms with Crippen LogP contribution in [0.15, 0.2) is 140 Å². The molecule has 42 heavy (non-hydrogen) atoms. The van der Waals surface area contributed by atoms with Crippen LogP contribution in [0.4, 0.5) is 17.1 Å². The molecular weight excluding hydrogens is 514 g/mol. The van der Waals surface area contributed by atoms with Crippen LogP contribution in [0.1, 0.15) is 5.56 Å². The van der Waals surface area contributed by atoms with Crippen molar-refractivity contribution in [3.05, 3.63) is 145 Å². The number of aromatic nitrogens is 3. The average Bonchev–Trinajstić information content (AvgIpc) is 3.41. The molecule has 0 spiro atoms. The predicted molar refractivity (Wildman–Crippen MR) is 170 cm³/mol. The Morgan fingerprint density at radius 3 is 2.14 bits per heavy atom. The first-order chi connectivity index (χ1) is 20.8. The van der Waals surface area contributed by atoms with Gasteiger partial charge in [-0.15, -0.1) is 0 Å². The highest BCUT2D eigenvalue weighted by Gasteiger charge is 2.22. The average molecular weight is 538 g/mol. The fourth-order valence-corrected chi connectivity index (χ4v) is 6.02. The van der Waals surface area contributed by atoms with Crippen LogP contribution in [0.2, 0.25) is 0 Å². The molecule has 5 aromatic carbocycles. The molecule has 0 saturated carbocycles. The van der Waals surface area contributed by atoms with Crippen LogP contribution in [0.3, 0.4) is 0 Å². The van der Waals surface area contributed by atoms with Gasteiger partial charge in [-0.05, 0) is 84.2 Å². The van der Waals surface area contributed by atoms with Crippen LogP contribution in [0.5, 0.6) is 0 Å². The van der Waals surface area contributed by atoms with Crippen LogP contribution in [0.25, 0.3) is 49.7 Å². The number of hydrogen-bond donors (Lipinski definition) is 0. The topological polar surface area (TPSA) is 57.7 Å². The Bertz CT molecular complexity index is 2230. The fraction of sp³-hybridized carbons (Fsp3) is 0. The zero-order valence-electron chi connectivity index (χ0n) is 22.5. The summed E-state index contributed by atoms with van der Waals surface area (Å²) in [5, 5.41) is 14.3. The molecule has 0 saturated heterocycles. The lowest BCUT2D eigenvalue weighted by atomic mass is 10.00. The third-order valence-electron chi connectivity index (χ3n) is 7.88. The predicted octanol–water partition coefficient (Wildman–Crippen LogP) is 9.17. The molecule has 0 aliphatic carbocycles. The van der Waals surface area contributed by atoms with E-state index in [1.807, 2.05) is 54.7 Å². The van der Waals surface area contributed by atoms with Crippen molar-refractivity contribution in [3.63, 3.8) is 0 Å². The standard InChI is InChI=1S/C37H23N5/c38-23-25-12-15-28(16-13-25)41(29-17-19-32(40-24-29)31-10-4-5-22-39-31)33-20-21-35-37-30(33)18-14-26-7-6-11-34(36(26)37)42(35)27-8-2-1-3-9-27/h1-22,24H. The molecule has 0 amide bonds. The van der Waals surface area contributed by atoms with E-state index in [4.69, 9.17) is 4.98 Å². The number of nitrogens with zero attached hydrogens (tertiary/aromatic N) is 5. The van der Waals surface area contributed by atoms with E-state index in [2.05, 4.69) is 99.4 Å². The Morgan fingerprint density at radius 1 is 0.595 bits per heavy atom. The van der Waals surface area contributed by atoms with E-state index >= 15 is 0 Å². The van der Waals surface area contributed by atoms with Crippen LogP contribution >= 0.6 is 0 Å². The normalized spacial score (nSPS) is 11.3. The molecular formula is C37H23N5. The number of nitriles is 1. The largest absolute Gasteiger partial charge is 0.309 e. The van der Waals surface area contributed by atoms with E-state index in [0.29, 0.717) is 5.56 Å². The molecule has 196 valence electrons. The Morgan fingerprint density at radius 2 is 1.38 bits per heavy atom. The first kappa shape index (κ1) is 23.9. The van der Waals surface area contributed by atoms with Crippen molar-refractivity contribution < 1.29 is 0 Å². The van der Waals surface area contributed by atoms with Gasteiger partial charge in [-0.1, -0.05) is 48.5 Å². The Hall–Kier alpha value is -5.99. The number of benzene rings is 5. The van der Waals surface area contributed by atoms with E-state index in [1.54, 1.807) is 6.20 Å². The first-order valence-electron chi connectivity index (χ1n) is 13.8. The van der Waals surface area contributed by atoms with Gasteiger partial charge in [-0.25, -0.2) is 0 Å². The second-order valence-electron chi connectivity index (χ2n) is 10.2. The second kappa shape index (κ2) is 9.58. The van der Waals surface area contributed by atoms with Gasteiger partial charge in [-0.2, -0.15) is 5.26 Å². The maximum absolute atomic E-state index is 9.45. The summed E-state index contributed by atoms with van der Waals surface area (Å²) in [4.78, 5) is 11.5. The summed E-state index contributed by atoms with van der Waals surface area (Å²) in [6.07, 6.45) is 3.67. The molecule has 5 nitrogen and oxygen atoms in total. The summed E-state index contributed by atoms with van der Waals surface area (Å²) >= 11 is 0. The molecule has 5 heteroatoms. The molecule has 0 fully saturated rings. The molecule has 0 radical (unpaired) electrons. The van der Waals surface area contributed by atoms with Crippen molar-refractivity contribution in [2.75, 3.05) is 4.90 Å². The minimum absolute atomic E-state index is 0.620. The number of anilines is 3. The molecule has 0 aliphatic heterocycles. The van der Waals surface area contributed by atoms with Crippen molar-refractivity contribution in [1.29, 1.82) is 5.26 Å². The van der Waals surface area contributed by atoms with Gasteiger partial charge >= 0.3 is 0 Å². The van der Waals surface area contributed by atoms with Crippen molar-refractivity contribution in [2.45, 2.75) is 0 Å². The highest BCUT2D eigenvalue weighted by molar-refractivity contribution is 6.26. The minimum Gasteiger partial charge on any atom is -0.309 e. The lowest BCUT2D eigenvalue weighted by Gasteiger charge is -2.27. The lowest BCUT2D eigenvalue weighted by molar-refractivity contribution is 1.18. The van der Waals surface area contributed by atoms with E-state index in [0.717, 1.165) is 45.0 Å². The number of hydrogen-bond acceptors (Lipinski definition) is 4. The Kier molecular flexibility index (Phi) is 5.44. The van der Waals surface area contributed by atoms with E-state index in [1.165, 1.54) is 21.7 Å². The van der Waals surface area contributed by atoms with Gasteiger partial charge in [0.25, 0.3) is 0 Å². The molecule has 0 unspecified atom stereocenters. The van der Waals surface area contributed by atoms with E-state index in [9.17, 15) is 5.26 Å². The molecule has 3 aromatic heterocycles. The third-order valence-corrected chi connectivity index (χ3v) is 7.88. The van der Waals surface area contributed by atoms with E-state index < -0.39 is 0 Å². The smallest absolute Gasteiger partial charge is 0.0991 e. The van der Waals surface area contributed by atoms with Crippen molar-refractivity contribution in [1.82, 2.24) is 14.5 Å². The van der Waals surface area contributed by atoms with Gasteiger partial charge in [0.15, 0.2) is 0 Å². The number of para-hydroxylation sites is 1. The van der Waals surface area contributed by atoms with Gasteiger partial charge < -0.3 is 9.47 Å². The molecule has 0 bridgehead atoms. The molecule has 8 rings (SSSR count). The summed E-state index contributed by atoms with van der Waals surface area (Å²) in [5.74, 6) is 0. The SMILES string of the molecule is N#Cc1ccc(N(c2ccc(-c3ccccn3)nc2)c2ccc3c4c2ccc2cccc(c24)n3-c2ccccc2)cc1. The quantitative estimate of drug-likeness (QED) is 0.205. The summed E-state index contributed by atoms with van der Waals surface area (Å²) in [7, 11) is 0. The van der Waals surface area contributed by atoms with Gasteiger partial charge in [0.1, 0.15) is 0 Å². The van der Waals surface area contributed by atoms with Gasteiger partial charge in [0.2, 0.25) is 0 Å². The Balaban J connectivity index is 1.38. The van der Waals surface area contributed by atoms with E-state index in [-0.39, 0.29) is 0 Å². The van der Waals surface area contributed by atoms with Crippen LogP contribution in [-0.2, 0) is 0 Å². The maximum atomic E-state index is 9.45. The zero-order chi connectivity index (χ0) is 28.0. The van der Waals surface area contributed by atoms with Crippen molar-refractivity contribution >= 4 is 49.6 Å². The van der Waals surface area contributed by atoms with Crippen LogP contribution < -0.4 is 4.90 Å². The van der Waals surface area contributed by atoms with Crippen molar-refractivity contribution in [3.8, 4) is 23.1 Å². The highest BCUT2D eigenvalue weighted by Crippen LogP contribution is 2.45. The molecule has 0 aliphatic rings. The number of rotatable bonds is 5. The summed E-state index contributed by atoms with van der Waals surface area (Å²) in [5.41, 5.74) is 8.64. The Labute approximate surface area is 242 Å². The maximum Gasteiger partial charge on any atom is 0.0991 e. The third kappa shape index (κ3) is 3.71. The summed E-state index contributed by atoms with van der Waals surface area (Å²) in [6, 6.07) is 45.7. The summed E-state index contributed by atoms with van der Waals surface area (Å²) < 4.78 is 2.35. The minimum atomic E-state index is 0.620. The fourth-order valence-electron chi connectivity index (χ4n) is 6.02. The molecule has 0 N–H and O–H groups in total. The van der Waals surface area contributed by atoms with Crippen molar-refractivity contribution in [2.24, 2.45) is 0 Å². The molecule has 3 heterocycles. The van der Waals surface area contributed by atoms with Crippen LogP contribution in [-0.4, -0.2) is 14.5 Å². The zero-order valence-corrected chi connectivity index (χ0v) is 22.5. The molecule has 8 aromatic rings. The second-order valence-corrected chi connectivity index (χ2v) is 10.2. The van der Waals surface area contributed by atoms with Gasteiger partial charge in [-0.3, -0.25) is 9.97 Å². The number of pyridine rings is 2. The highest BCUT2D eigenvalue weighted by atomic mass is 15.1. The first-order valence-corrected chi connectivity index (χ1v) is 13.8. The van der Waals surface area contributed by atoms with Gasteiger partial charge in [0, 0.05) is 33.7 Å². The lowest BCUT2D eigenvalue weighted by Crippen LogP contribution is -2.11. The van der Waals surface area contributed by atoms with Gasteiger partial charge in [0.05, 0.1) is 51.6 Å².